The number of esters is 1. The molecule has 0 saturated carbocycles. The highest BCUT2D eigenvalue weighted by Crippen LogP contribution is 1.92. The predicted molar refractivity (Wildman–Crippen MR) is 42.1 cm³/mol. The minimum atomic E-state index is -0.542. The van der Waals surface area contributed by atoms with E-state index in [0.717, 1.165) is 0 Å². The van der Waals surface area contributed by atoms with Gasteiger partial charge < -0.3 is 9.84 Å². The highest BCUT2D eigenvalue weighted by Gasteiger charge is 1.96. The first-order valence-corrected chi connectivity index (χ1v) is 3.73. The molecule has 11 heavy (non-hydrogen) atoms. The molecule has 0 saturated heterocycles. The van der Waals surface area contributed by atoms with Crippen LogP contribution < -0.4 is 0 Å². The van der Waals surface area contributed by atoms with Crippen LogP contribution in [0, 0.1) is 0 Å². The van der Waals surface area contributed by atoms with Crippen LogP contribution in [0.3, 0.4) is 0 Å². The summed E-state index contributed by atoms with van der Waals surface area (Å²) in [7, 11) is 0. The monoisotopic (exact) mass is 158 g/mol. The van der Waals surface area contributed by atoms with Gasteiger partial charge >= 0.3 is 5.97 Å². The lowest BCUT2D eigenvalue weighted by molar-refractivity contribution is -0.137. The molecule has 0 fully saturated rings. The van der Waals surface area contributed by atoms with Crippen molar-refractivity contribution in [3.63, 3.8) is 0 Å². The number of hydrogen-bond donors (Lipinski definition) is 1. The predicted octanol–water partition coefficient (Wildman–Crippen LogP) is 0.877. The molecular weight excluding hydrogens is 144 g/mol. The minimum absolute atomic E-state index is 0.366. The van der Waals surface area contributed by atoms with Crippen LogP contribution in [0.5, 0.6) is 0 Å². The zero-order valence-electron chi connectivity index (χ0n) is 6.91. The maximum Gasteiger partial charge on any atom is 0.330 e. The van der Waals surface area contributed by atoms with Crippen molar-refractivity contribution >= 4 is 5.97 Å². The van der Waals surface area contributed by atoms with Gasteiger partial charge in [-0.1, -0.05) is 6.92 Å². The number of ether oxygens (including phenoxy) is 1. The topological polar surface area (TPSA) is 46.5 Å². The van der Waals surface area contributed by atoms with Gasteiger partial charge in [0.05, 0.1) is 12.7 Å². The van der Waals surface area contributed by atoms with E-state index in [-0.39, 0.29) is 0 Å². The summed E-state index contributed by atoms with van der Waals surface area (Å²) >= 11 is 0. The van der Waals surface area contributed by atoms with Crippen molar-refractivity contribution in [1.82, 2.24) is 0 Å². The van der Waals surface area contributed by atoms with Gasteiger partial charge in [0.15, 0.2) is 0 Å². The lowest BCUT2D eigenvalue weighted by Crippen LogP contribution is -2.03. The van der Waals surface area contributed by atoms with Gasteiger partial charge in [0.25, 0.3) is 0 Å². The number of aliphatic hydroxyl groups is 1. The molecular formula is C8H14O3. The summed E-state index contributed by atoms with van der Waals surface area (Å²) in [6, 6.07) is 0. The number of aliphatic hydroxyl groups excluding tert-OH is 1. The number of carbonyl (C=O) groups excluding carboxylic acids is 1. The van der Waals surface area contributed by atoms with E-state index in [4.69, 9.17) is 5.11 Å². The Morgan fingerprint density at radius 2 is 2.27 bits per heavy atom. The van der Waals surface area contributed by atoms with E-state index < -0.39 is 12.1 Å². The van der Waals surface area contributed by atoms with Gasteiger partial charge in [0.1, 0.15) is 0 Å². The number of rotatable bonds is 4. The van der Waals surface area contributed by atoms with Crippen LogP contribution in [0.2, 0.25) is 0 Å². The zero-order valence-corrected chi connectivity index (χ0v) is 6.91. The van der Waals surface area contributed by atoms with E-state index in [2.05, 4.69) is 4.74 Å². The molecule has 0 aromatic carbocycles. The molecule has 0 heterocycles. The van der Waals surface area contributed by atoms with Gasteiger partial charge in [-0.2, -0.15) is 0 Å². The molecule has 64 valence electrons. The van der Waals surface area contributed by atoms with Crippen LogP contribution in [0.25, 0.3) is 0 Å². The fraction of sp³-hybridized carbons (Fsp3) is 0.625. The molecule has 1 atom stereocenters. The lowest BCUT2D eigenvalue weighted by Gasteiger charge is -1.98. The maximum absolute atomic E-state index is 10.6. The summed E-state index contributed by atoms with van der Waals surface area (Å²) in [6.45, 7) is 3.94. The summed E-state index contributed by atoms with van der Waals surface area (Å²) in [4.78, 5) is 10.6. The second-order valence-corrected chi connectivity index (χ2v) is 2.09. The van der Waals surface area contributed by atoms with Gasteiger partial charge in [-0.05, 0) is 19.4 Å². The molecule has 0 aliphatic rings. The Balaban J connectivity index is 3.63. The molecule has 0 aromatic heterocycles. The minimum Gasteiger partial charge on any atom is -0.463 e. The van der Waals surface area contributed by atoms with Crippen molar-refractivity contribution in [2.24, 2.45) is 0 Å². The Morgan fingerprint density at radius 3 is 2.73 bits per heavy atom. The third-order valence-corrected chi connectivity index (χ3v) is 1.16. The van der Waals surface area contributed by atoms with Gasteiger partial charge in [0, 0.05) is 6.08 Å². The second kappa shape index (κ2) is 5.92. The molecule has 3 heteroatoms. The Labute approximate surface area is 66.7 Å². The van der Waals surface area contributed by atoms with E-state index in [9.17, 15) is 4.79 Å². The number of hydrogen-bond acceptors (Lipinski definition) is 3. The van der Waals surface area contributed by atoms with E-state index in [1.165, 1.54) is 12.2 Å². The number of carbonyl (C=O) groups is 1. The first-order valence-electron chi connectivity index (χ1n) is 3.73. The zero-order chi connectivity index (χ0) is 8.69. The van der Waals surface area contributed by atoms with Crippen molar-refractivity contribution in [2.75, 3.05) is 6.61 Å². The van der Waals surface area contributed by atoms with Crippen molar-refractivity contribution in [1.29, 1.82) is 0 Å². The normalized spacial score (nSPS) is 13.4. The molecule has 0 amide bonds. The fourth-order valence-corrected chi connectivity index (χ4v) is 0.516. The third-order valence-electron chi connectivity index (χ3n) is 1.16. The van der Waals surface area contributed by atoms with Crippen LogP contribution in [-0.4, -0.2) is 23.8 Å². The standard InChI is InChI=1S/C8H14O3/c1-3-7(9)5-6-8(10)11-4-2/h5-7,9H,3-4H2,1-2H3/b6-5+/t7-/m0/s1. The molecule has 0 spiro atoms. The third kappa shape index (κ3) is 5.61. The van der Waals surface area contributed by atoms with Crippen molar-refractivity contribution in [2.45, 2.75) is 26.4 Å². The average Bonchev–Trinajstić information content (AvgIpc) is 2.01. The van der Waals surface area contributed by atoms with Crippen molar-refractivity contribution in [3.05, 3.63) is 12.2 Å². The Hall–Kier alpha value is -0.830. The quantitative estimate of drug-likeness (QED) is 0.488. The summed E-state index contributed by atoms with van der Waals surface area (Å²) in [5.41, 5.74) is 0. The van der Waals surface area contributed by atoms with E-state index in [1.54, 1.807) is 6.92 Å². The highest BCUT2D eigenvalue weighted by molar-refractivity contribution is 5.81. The second-order valence-electron chi connectivity index (χ2n) is 2.09. The molecule has 0 rings (SSSR count). The van der Waals surface area contributed by atoms with Gasteiger partial charge in [-0.25, -0.2) is 4.79 Å². The SMILES string of the molecule is CCOC(=O)/C=C/[C@@H](O)CC. The molecule has 0 aromatic rings. The van der Waals surface area contributed by atoms with Crippen LogP contribution in [0.1, 0.15) is 20.3 Å². The van der Waals surface area contributed by atoms with Crippen LogP contribution >= 0.6 is 0 Å². The molecule has 0 aliphatic heterocycles. The molecule has 0 aliphatic carbocycles. The summed E-state index contributed by atoms with van der Waals surface area (Å²) in [5.74, 6) is -0.403. The van der Waals surface area contributed by atoms with E-state index in [0.29, 0.717) is 13.0 Å². The van der Waals surface area contributed by atoms with Gasteiger partial charge in [0.2, 0.25) is 0 Å². The Kier molecular flexibility index (Phi) is 5.47. The van der Waals surface area contributed by atoms with Crippen LogP contribution in [0.15, 0.2) is 12.2 Å². The van der Waals surface area contributed by atoms with Gasteiger partial charge in [-0.3, -0.25) is 0 Å². The van der Waals surface area contributed by atoms with Crippen molar-refractivity contribution < 1.29 is 14.6 Å². The highest BCUT2D eigenvalue weighted by atomic mass is 16.5. The van der Waals surface area contributed by atoms with E-state index in [1.807, 2.05) is 6.92 Å². The molecule has 0 bridgehead atoms. The smallest absolute Gasteiger partial charge is 0.330 e. The van der Waals surface area contributed by atoms with E-state index >= 15 is 0 Å². The maximum atomic E-state index is 10.6. The van der Waals surface area contributed by atoms with Crippen LogP contribution in [0.4, 0.5) is 0 Å². The largest absolute Gasteiger partial charge is 0.463 e. The first kappa shape index (κ1) is 10.2. The fourth-order valence-electron chi connectivity index (χ4n) is 0.516. The Bertz CT molecular complexity index is 140. The average molecular weight is 158 g/mol. The molecule has 3 nitrogen and oxygen atoms in total. The first-order chi connectivity index (χ1) is 5.20. The molecule has 0 unspecified atom stereocenters. The van der Waals surface area contributed by atoms with Gasteiger partial charge in [-0.15, -0.1) is 0 Å². The summed E-state index contributed by atoms with van der Waals surface area (Å²) < 4.78 is 4.60. The summed E-state index contributed by atoms with van der Waals surface area (Å²) in [6.07, 6.45) is 2.74. The molecule has 1 N–H and O–H groups in total. The summed E-state index contributed by atoms with van der Waals surface area (Å²) in [5, 5.41) is 8.98. The Morgan fingerprint density at radius 1 is 1.64 bits per heavy atom. The lowest BCUT2D eigenvalue weighted by atomic mass is 10.2. The molecule has 0 radical (unpaired) electrons. The van der Waals surface area contributed by atoms with Crippen LogP contribution in [-0.2, 0) is 9.53 Å². The van der Waals surface area contributed by atoms with Crippen molar-refractivity contribution in [3.8, 4) is 0 Å².